The highest BCUT2D eigenvalue weighted by molar-refractivity contribution is 5.95. The van der Waals surface area contributed by atoms with E-state index >= 15 is 0 Å². The molecule has 20 heavy (non-hydrogen) atoms. The van der Waals surface area contributed by atoms with Crippen LogP contribution < -0.4 is 10.6 Å². The highest BCUT2D eigenvalue weighted by atomic mass is 16.3. The molecule has 0 aliphatic carbocycles. The smallest absolute Gasteiger partial charge is 0.287 e. The summed E-state index contributed by atoms with van der Waals surface area (Å²) < 4.78 is 4.96. The minimum Gasteiger partial charge on any atom is -0.459 e. The van der Waals surface area contributed by atoms with Crippen molar-refractivity contribution in [2.24, 2.45) is 0 Å². The Morgan fingerprint density at radius 3 is 2.95 bits per heavy atom. The van der Waals surface area contributed by atoms with E-state index in [9.17, 15) is 14.4 Å². The van der Waals surface area contributed by atoms with E-state index in [0.29, 0.717) is 19.6 Å². The van der Waals surface area contributed by atoms with Gasteiger partial charge in [0, 0.05) is 26.1 Å². The van der Waals surface area contributed by atoms with E-state index in [0.717, 1.165) is 0 Å². The molecule has 0 saturated carbocycles. The predicted octanol–water partition coefficient (Wildman–Crippen LogP) is -0.254. The van der Waals surface area contributed by atoms with Crippen molar-refractivity contribution in [2.75, 3.05) is 19.6 Å². The van der Waals surface area contributed by atoms with Crippen molar-refractivity contribution in [3.63, 3.8) is 0 Å². The highest BCUT2D eigenvalue weighted by Crippen LogP contribution is 2.03. The summed E-state index contributed by atoms with van der Waals surface area (Å²) in [6, 6.07) is 2.47. The molecule has 7 nitrogen and oxygen atoms in total. The van der Waals surface area contributed by atoms with E-state index in [1.165, 1.54) is 12.3 Å². The normalized spacial score (nSPS) is 17.1. The van der Waals surface area contributed by atoms with Crippen LogP contribution in [0, 0.1) is 0 Å². The lowest BCUT2D eigenvalue weighted by Gasteiger charge is -2.23. The van der Waals surface area contributed by atoms with Gasteiger partial charge in [-0.25, -0.2) is 0 Å². The van der Waals surface area contributed by atoms with E-state index < -0.39 is 11.9 Å². The quantitative estimate of drug-likeness (QED) is 0.798. The summed E-state index contributed by atoms with van der Waals surface area (Å²) in [5.74, 6) is -0.536. The standard InChI is InChI=1S/C13H17N3O4/c1-9(15-12(18)10-3-2-8-20-10)13(19)16-6-4-11(17)14-5-7-16/h2-3,8-9H,4-7H2,1H3,(H,14,17)(H,15,18). The van der Waals surface area contributed by atoms with Gasteiger partial charge in [-0.1, -0.05) is 0 Å². The maximum absolute atomic E-state index is 12.2. The Balaban J connectivity index is 1.91. The summed E-state index contributed by atoms with van der Waals surface area (Å²) in [5, 5.41) is 5.28. The molecule has 0 spiro atoms. The van der Waals surface area contributed by atoms with Gasteiger partial charge in [-0.2, -0.15) is 0 Å². The first-order chi connectivity index (χ1) is 9.58. The first-order valence-corrected chi connectivity index (χ1v) is 6.48. The van der Waals surface area contributed by atoms with Crippen LogP contribution in [0.3, 0.4) is 0 Å². The number of nitrogens with one attached hydrogen (secondary N) is 2. The molecular weight excluding hydrogens is 262 g/mol. The topological polar surface area (TPSA) is 91.7 Å². The van der Waals surface area contributed by atoms with Crippen molar-refractivity contribution in [1.29, 1.82) is 0 Å². The Morgan fingerprint density at radius 2 is 2.25 bits per heavy atom. The first-order valence-electron chi connectivity index (χ1n) is 6.48. The highest BCUT2D eigenvalue weighted by Gasteiger charge is 2.25. The van der Waals surface area contributed by atoms with Gasteiger partial charge in [0.2, 0.25) is 11.8 Å². The number of carbonyl (C=O) groups is 3. The summed E-state index contributed by atoms with van der Waals surface area (Å²) in [6.07, 6.45) is 1.68. The van der Waals surface area contributed by atoms with Gasteiger partial charge in [-0.05, 0) is 19.1 Å². The Kier molecular flexibility index (Phi) is 4.39. The van der Waals surface area contributed by atoms with Gasteiger partial charge in [0.05, 0.1) is 6.26 Å². The molecule has 1 aromatic rings. The Bertz CT molecular complexity index is 498. The lowest BCUT2D eigenvalue weighted by Crippen LogP contribution is -2.47. The zero-order chi connectivity index (χ0) is 14.5. The molecule has 1 saturated heterocycles. The molecule has 1 atom stereocenters. The second-order valence-corrected chi connectivity index (χ2v) is 4.60. The van der Waals surface area contributed by atoms with E-state index in [1.54, 1.807) is 17.9 Å². The molecule has 1 aliphatic rings. The van der Waals surface area contributed by atoms with Gasteiger partial charge in [0.25, 0.3) is 5.91 Å². The predicted molar refractivity (Wildman–Crippen MR) is 69.8 cm³/mol. The van der Waals surface area contributed by atoms with Crippen LogP contribution in [-0.4, -0.2) is 48.3 Å². The molecule has 1 unspecified atom stereocenters. The van der Waals surface area contributed by atoms with Crippen LogP contribution in [0.15, 0.2) is 22.8 Å². The summed E-state index contributed by atoms with van der Waals surface area (Å²) >= 11 is 0. The van der Waals surface area contributed by atoms with Crippen LogP contribution in [0.5, 0.6) is 0 Å². The van der Waals surface area contributed by atoms with Crippen molar-refractivity contribution in [3.05, 3.63) is 24.2 Å². The molecule has 1 fully saturated rings. The number of hydrogen-bond donors (Lipinski definition) is 2. The lowest BCUT2D eigenvalue weighted by molar-refractivity contribution is -0.132. The minimum absolute atomic E-state index is 0.0624. The molecule has 7 heteroatoms. The first kappa shape index (κ1) is 14.1. The molecule has 2 rings (SSSR count). The SMILES string of the molecule is CC(NC(=O)c1ccco1)C(=O)N1CCNC(=O)CC1. The molecule has 1 aliphatic heterocycles. The van der Waals surface area contributed by atoms with Crippen LogP contribution in [0.25, 0.3) is 0 Å². The van der Waals surface area contributed by atoms with Crippen molar-refractivity contribution >= 4 is 17.7 Å². The van der Waals surface area contributed by atoms with Crippen LogP contribution in [0.4, 0.5) is 0 Å². The number of amides is 3. The average molecular weight is 279 g/mol. The maximum Gasteiger partial charge on any atom is 0.287 e. The molecule has 0 bridgehead atoms. The molecule has 2 heterocycles. The van der Waals surface area contributed by atoms with Crippen LogP contribution >= 0.6 is 0 Å². The lowest BCUT2D eigenvalue weighted by atomic mass is 10.2. The zero-order valence-electron chi connectivity index (χ0n) is 11.2. The third-order valence-corrected chi connectivity index (χ3v) is 3.09. The zero-order valence-corrected chi connectivity index (χ0v) is 11.2. The van der Waals surface area contributed by atoms with Gasteiger partial charge in [0.15, 0.2) is 5.76 Å². The average Bonchev–Trinajstić information content (AvgIpc) is 2.88. The van der Waals surface area contributed by atoms with Crippen LogP contribution in [0.1, 0.15) is 23.9 Å². The Labute approximate surface area is 116 Å². The van der Waals surface area contributed by atoms with Crippen molar-refractivity contribution < 1.29 is 18.8 Å². The summed E-state index contributed by atoms with van der Waals surface area (Å²) in [5.41, 5.74) is 0. The van der Waals surface area contributed by atoms with E-state index in [1.807, 2.05) is 0 Å². The molecule has 3 amide bonds. The third-order valence-electron chi connectivity index (χ3n) is 3.09. The Morgan fingerprint density at radius 1 is 1.45 bits per heavy atom. The second kappa shape index (κ2) is 6.23. The molecule has 0 radical (unpaired) electrons. The fraction of sp³-hybridized carbons (Fsp3) is 0.462. The number of furan rings is 1. The monoisotopic (exact) mass is 279 g/mol. The largest absolute Gasteiger partial charge is 0.459 e. The minimum atomic E-state index is -0.666. The van der Waals surface area contributed by atoms with Crippen molar-refractivity contribution in [2.45, 2.75) is 19.4 Å². The fourth-order valence-corrected chi connectivity index (χ4v) is 2.00. The molecular formula is C13H17N3O4. The second-order valence-electron chi connectivity index (χ2n) is 4.60. The molecule has 108 valence electrons. The molecule has 0 aromatic carbocycles. The van der Waals surface area contributed by atoms with Crippen LogP contribution in [-0.2, 0) is 9.59 Å². The molecule has 2 N–H and O–H groups in total. The number of carbonyl (C=O) groups excluding carboxylic acids is 3. The van der Waals surface area contributed by atoms with E-state index in [2.05, 4.69) is 10.6 Å². The number of hydrogen-bond acceptors (Lipinski definition) is 4. The van der Waals surface area contributed by atoms with Crippen molar-refractivity contribution in [1.82, 2.24) is 15.5 Å². The van der Waals surface area contributed by atoms with Gasteiger partial charge < -0.3 is 20.0 Å². The fourth-order valence-electron chi connectivity index (χ4n) is 2.00. The van der Waals surface area contributed by atoms with Gasteiger partial charge in [0.1, 0.15) is 6.04 Å². The van der Waals surface area contributed by atoms with Crippen LogP contribution in [0.2, 0.25) is 0 Å². The number of nitrogens with zero attached hydrogens (tertiary/aromatic N) is 1. The van der Waals surface area contributed by atoms with Gasteiger partial charge in [-0.3, -0.25) is 14.4 Å². The number of rotatable bonds is 3. The van der Waals surface area contributed by atoms with E-state index in [-0.39, 0.29) is 24.0 Å². The van der Waals surface area contributed by atoms with Crippen molar-refractivity contribution in [3.8, 4) is 0 Å². The summed E-state index contributed by atoms with van der Waals surface area (Å²) in [6.45, 7) is 2.86. The summed E-state index contributed by atoms with van der Waals surface area (Å²) in [7, 11) is 0. The maximum atomic E-state index is 12.2. The van der Waals surface area contributed by atoms with Gasteiger partial charge in [-0.15, -0.1) is 0 Å². The third kappa shape index (κ3) is 3.37. The molecule has 1 aromatic heterocycles. The summed E-state index contributed by atoms with van der Waals surface area (Å²) in [4.78, 5) is 36.8. The van der Waals surface area contributed by atoms with E-state index in [4.69, 9.17) is 4.42 Å². The van der Waals surface area contributed by atoms with Gasteiger partial charge >= 0.3 is 0 Å². The Hall–Kier alpha value is -2.31.